The fourth-order valence-corrected chi connectivity index (χ4v) is 2.42. The van der Waals surface area contributed by atoms with E-state index in [2.05, 4.69) is 9.97 Å². The van der Waals surface area contributed by atoms with Crippen LogP contribution in [0.15, 0.2) is 36.4 Å². The van der Waals surface area contributed by atoms with Crippen molar-refractivity contribution in [1.82, 2.24) is 9.97 Å². The molecule has 1 aromatic heterocycles. The summed E-state index contributed by atoms with van der Waals surface area (Å²) in [6.45, 7) is 0. The Hall–Kier alpha value is -2.16. The van der Waals surface area contributed by atoms with Gasteiger partial charge in [-0.05, 0) is 46.9 Å². The van der Waals surface area contributed by atoms with Crippen LogP contribution in [0, 0.1) is 13.7 Å². The highest BCUT2D eigenvalue weighted by Gasteiger charge is 2.11. The van der Waals surface area contributed by atoms with Crippen molar-refractivity contribution in [2.75, 3.05) is 0 Å². The van der Waals surface area contributed by atoms with Gasteiger partial charge in [-0.3, -0.25) is 10.1 Å². The van der Waals surface area contributed by atoms with E-state index in [-0.39, 0.29) is 11.4 Å². The number of hydrogen-bond acceptors (Lipinski definition) is 4. The van der Waals surface area contributed by atoms with Gasteiger partial charge in [0.05, 0.1) is 19.5 Å². The van der Waals surface area contributed by atoms with Crippen molar-refractivity contribution in [2.45, 2.75) is 0 Å². The number of nitro groups is 1. The number of aromatic hydroxyl groups is 1. The molecule has 0 radical (unpaired) electrons. The number of non-ortho nitro benzene ring substituents is 1. The van der Waals surface area contributed by atoms with Crippen LogP contribution >= 0.6 is 22.6 Å². The van der Waals surface area contributed by atoms with Crippen LogP contribution in [0.2, 0.25) is 0 Å². The lowest BCUT2D eigenvalue weighted by Crippen LogP contribution is -1.86. The Morgan fingerprint density at radius 2 is 2.05 bits per heavy atom. The van der Waals surface area contributed by atoms with Crippen molar-refractivity contribution in [3.63, 3.8) is 0 Å². The third-order valence-corrected chi connectivity index (χ3v) is 3.76. The molecule has 0 unspecified atom stereocenters. The minimum Gasteiger partial charge on any atom is -0.507 e. The van der Waals surface area contributed by atoms with E-state index in [9.17, 15) is 15.2 Å². The average molecular weight is 381 g/mol. The lowest BCUT2D eigenvalue weighted by Gasteiger charge is -1.99. The number of imidazole rings is 1. The van der Waals surface area contributed by atoms with Gasteiger partial charge >= 0.3 is 0 Å². The Morgan fingerprint density at radius 1 is 1.25 bits per heavy atom. The molecule has 0 amide bonds. The second kappa shape index (κ2) is 4.75. The van der Waals surface area contributed by atoms with Crippen molar-refractivity contribution in [2.24, 2.45) is 0 Å². The maximum Gasteiger partial charge on any atom is 0.271 e. The monoisotopic (exact) mass is 381 g/mol. The molecule has 2 N–H and O–H groups in total. The number of hydrogen-bond donors (Lipinski definition) is 2. The van der Waals surface area contributed by atoms with E-state index in [1.165, 1.54) is 12.1 Å². The zero-order valence-electron chi connectivity index (χ0n) is 10.0. The Morgan fingerprint density at radius 3 is 2.75 bits per heavy atom. The van der Waals surface area contributed by atoms with Gasteiger partial charge in [0.1, 0.15) is 11.6 Å². The van der Waals surface area contributed by atoms with Crippen molar-refractivity contribution in [1.29, 1.82) is 0 Å². The second-order valence-electron chi connectivity index (χ2n) is 4.21. The van der Waals surface area contributed by atoms with E-state index in [0.29, 0.717) is 20.4 Å². The molecule has 0 saturated heterocycles. The van der Waals surface area contributed by atoms with Crippen LogP contribution < -0.4 is 0 Å². The molecule has 0 bridgehead atoms. The smallest absolute Gasteiger partial charge is 0.271 e. The molecule has 0 aliphatic rings. The van der Waals surface area contributed by atoms with Crippen LogP contribution in [0.5, 0.6) is 5.75 Å². The number of halogens is 1. The SMILES string of the molecule is O=[N+]([O-])c1ccc2nc(-c3ccc(O)c(I)c3)[nH]c2c1. The summed E-state index contributed by atoms with van der Waals surface area (Å²) in [6.07, 6.45) is 0. The standard InChI is InChI=1S/C13H8IN3O3/c14-9-5-7(1-4-12(9)18)13-15-10-3-2-8(17(19)20)6-11(10)16-13/h1-6,18H,(H,15,16). The highest BCUT2D eigenvalue weighted by atomic mass is 127. The van der Waals surface area contributed by atoms with Crippen LogP contribution in [0.25, 0.3) is 22.4 Å². The van der Waals surface area contributed by atoms with Crippen LogP contribution in [0.3, 0.4) is 0 Å². The first kappa shape index (κ1) is 12.9. The number of aromatic amines is 1. The van der Waals surface area contributed by atoms with Crippen LogP contribution in [0.1, 0.15) is 0 Å². The zero-order valence-corrected chi connectivity index (χ0v) is 12.2. The predicted molar refractivity (Wildman–Crippen MR) is 82.6 cm³/mol. The summed E-state index contributed by atoms with van der Waals surface area (Å²) in [6, 6.07) is 9.61. The molecule has 0 saturated carbocycles. The fraction of sp³-hybridized carbons (Fsp3) is 0. The Labute approximate surface area is 126 Å². The molecule has 20 heavy (non-hydrogen) atoms. The summed E-state index contributed by atoms with van der Waals surface area (Å²) in [5.74, 6) is 0.819. The second-order valence-corrected chi connectivity index (χ2v) is 5.37. The van der Waals surface area contributed by atoms with Gasteiger partial charge in [0.15, 0.2) is 0 Å². The highest BCUT2D eigenvalue weighted by Crippen LogP contribution is 2.27. The molecule has 2 aromatic carbocycles. The number of nitrogens with one attached hydrogen (secondary N) is 1. The normalized spacial score (nSPS) is 10.8. The van der Waals surface area contributed by atoms with Crippen molar-refractivity contribution < 1.29 is 10.0 Å². The minimum atomic E-state index is -0.441. The van der Waals surface area contributed by atoms with Crippen molar-refractivity contribution in [3.8, 4) is 17.1 Å². The minimum absolute atomic E-state index is 0.0213. The summed E-state index contributed by atoms with van der Waals surface area (Å²) < 4.78 is 0.714. The van der Waals surface area contributed by atoms with E-state index in [4.69, 9.17) is 0 Å². The number of phenolic OH excluding ortho intramolecular Hbond substituents is 1. The van der Waals surface area contributed by atoms with Crippen LogP contribution in [0.4, 0.5) is 5.69 Å². The van der Waals surface area contributed by atoms with E-state index < -0.39 is 4.92 Å². The van der Waals surface area contributed by atoms with Gasteiger partial charge in [-0.15, -0.1) is 0 Å². The van der Waals surface area contributed by atoms with Gasteiger partial charge in [0, 0.05) is 17.7 Å². The molecule has 3 aromatic rings. The van der Waals surface area contributed by atoms with Gasteiger partial charge in [-0.1, -0.05) is 0 Å². The summed E-state index contributed by atoms with van der Waals surface area (Å²) >= 11 is 2.03. The summed E-state index contributed by atoms with van der Waals surface area (Å²) in [5, 5.41) is 20.3. The number of H-pyrrole nitrogens is 1. The van der Waals surface area contributed by atoms with Gasteiger partial charge in [0.25, 0.3) is 5.69 Å². The topological polar surface area (TPSA) is 92.1 Å². The molecular weight excluding hydrogens is 373 g/mol. The molecule has 100 valence electrons. The van der Waals surface area contributed by atoms with E-state index in [1.54, 1.807) is 24.3 Å². The van der Waals surface area contributed by atoms with Crippen LogP contribution in [-0.4, -0.2) is 20.0 Å². The Bertz CT molecular complexity index is 829. The quantitative estimate of drug-likeness (QED) is 0.404. The predicted octanol–water partition coefficient (Wildman–Crippen LogP) is 3.45. The Balaban J connectivity index is 2.12. The largest absolute Gasteiger partial charge is 0.507 e. The van der Waals surface area contributed by atoms with E-state index in [1.807, 2.05) is 22.6 Å². The molecule has 0 spiro atoms. The maximum absolute atomic E-state index is 10.7. The number of nitrogens with zero attached hydrogens (tertiary/aromatic N) is 2. The first-order valence-electron chi connectivity index (χ1n) is 5.67. The van der Waals surface area contributed by atoms with Crippen LogP contribution in [-0.2, 0) is 0 Å². The number of fused-ring (bicyclic) bond motifs is 1. The number of phenols is 1. The molecule has 1 heterocycles. The third kappa shape index (κ3) is 2.20. The lowest BCUT2D eigenvalue weighted by atomic mass is 10.2. The molecule has 7 heteroatoms. The number of benzene rings is 2. The number of rotatable bonds is 2. The van der Waals surface area contributed by atoms with Crippen molar-refractivity contribution >= 4 is 39.3 Å². The van der Waals surface area contributed by atoms with Gasteiger partial charge in [-0.25, -0.2) is 4.98 Å². The molecule has 0 aliphatic heterocycles. The highest BCUT2D eigenvalue weighted by molar-refractivity contribution is 14.1. The molecule has 0 fully saturated rings. The average Bonchev–Trinajstić information content (AvgIpc) is 2.84. The first-order valence-corrected chi connectivity index (χ1v) is 6.75. The van der Waals surface area contributed by atoms with Gasteiger partial charge in [-0.2, -0.15) is 0 Å². The maximum atomic E-state index is 10.7. The van der Waals surface area contributed by atoms with Crippen molar-refractivity contribution in [3.05, 3.63) is 50.1 Å². The van der Waals surface area contributed by atoms with E-state index in [0.717, 1.165) is 5.56 Å². The zero-order chi connectivity index (χ0) is 14.3. The summed E-state index contributed by atoms with van der Waals surface area (Å²) in [5.41, 5.74) is 2.10. The lowest BCUT2D eigenvalue weighted by molar-refractivity contribution is -0.384. The molecular formula is C13H8IN3O3. The van der Waals surface area contributed by atoms with E-state index >= 15 is 0 Å². The first-order chi connectivity index (χ1) is 9.54. The van der Waals surface area contributed by atoms with Gasteiger partial charge in [0.2, 0.25) is 0 Å². The summed E-state index contributed by atoms with van der Waals surface area (Å²) in [7, 11) is 0. The summed E-state index contributed by atoms with van der Waals surface area (Å²) in [4.78, 5) is 17.7. The fourth-order valence-electron chi connectivity index (χ4n) is 1.90. The van der Waals surface area contributed by atoms with Gasteiger partial charge < -0.3 is 10.1 Å². The molecule has 6 nitrogen and oxygen atoms in total. The molecule has 0 atom stereocenters. The third-order valence-electron chi connectivity index (χ3n) is 2.90. The number of aromatic nitrogens is 2. The number of nitro benzene ring substituents is 1. The molecule has 0 aliphatic carbocycles. The Kier molecular flexibility index (Phi) is 3.05. The molecule has 3 rings (SSSR count).